The minimum absolute atomic E-state index is 0.252. The van der Waals surface area contributed by atoms with Gasteiger partial charge in [-0.2, -0.15) is 0 Å². The third-order valence-corrected chi connectivity index (χ3v) is 8.00. The third kappa shape index (κ3) is 6.39. The van der Waals surface area contributed by atoms with E-state index in [2.05, 4.69) is 33.4 Å². The summed E-state index contributed by atoms with van der Waals surface area (Å²) in [5.41, 5.74) is 2.16. The molecule has 0 bridgehead atoms. The minimum Gasteiger partial charge on any atom is -0.494 e. The number of aromatic amines is 1. The molecule has 0 aliphatic carbocycles. The Hall–Kier alpha value is -2.39. The zero-order chi connectivity index (χ0) is 24.0. The van der Waals surface area contributed by atoms with Crippen LogP contribution in [0.15, 0.2) is 59.6 Å². The minimum atomic E-state index is -3.56. The first-order valence-electron chi connectivity index (χ1n) is 12.2. The van der Waals surface area contributed by atoms with Crippen LogP contribution in [0.1, 0.15) is 25.8 Å². The Morgan fingerprint density at radius 2 is 1.76 bits per heavy atom. The molecule has 0 atom stereocenters. The Balaban J connectivity index is 1.19. The van der Waals surface area contributed by atoms with Crippen molar-refractivity contribution < 1.29 is 13.2 Å². The van der Waals surface area contributed by atoms with Gasteiger partial charge in [-0.1, -0.05) is 18.2 Å². The zero-order valence-corrected chi connectivity index (χ0v) is 21.0. The Kier molecular flexibility index (Phi) is 8.26. The zero-order valence-electron chi connectivity index (χ0n) is 20.2. The normalized spacial score (nSPS) is 15.9. The molecule has 34 heavy (non-hydrogen) atoms. The van der Waals surface area contributed by atoms with E-state index in [9.17, 15) is 8.42 Å². The van der Waals surface area contributed by atoms with E-state index in [1.54, 1.807) is 24.3 Å². The lowest BCUT2D eigenvalue weighted by atomic mass is 10.1. The molecule has 2 N–H and O–H groups in total. The smallest absolute Gasteiger partial charge is 0.240 e. The van der Waals surface area contributed by atoms with Gasteiger partial charge in [-0.15, -0.1) is 0 Å². The van der Waals surface area contributed by atoms with Gasteiger partial charge in [0, 0.05) is 62.4 Å². The van der Waals surface area contributed by atoms with Crippen molar-refractivity contribution in [1.29, 1.82) is 0 Å². The monoisotopic (exact) mass is 484 g/mol. The largest absolute Gasteiger partial charge is 0.494 e. The molecule has 1 aliphatic heterocycles. The van der Waals surface area contributed by atoms with Gasteiger partial charge >= 0.3 is 0 Å². The van der Waals surface area contributed by atoms with Crippen LogP contribution < -0.4 is 9.46 Å². The number of para-hydroxylation sites is 1. The van der Waals surface area contributed by atoms with Crippen LogP contribution in [0.4, 0.5) is 0 Å². The summed E-state index contributed by atoms with van der Waals surface area (Å²) in [6.07, 6.45) is 3.52. The summed E-state index contributed by atoms with van der Waals surface area (Å²) < 4.78 is 33.9. The van der Waals surface area contributed by atoms with Crippen LogP contribution in [0.2, 0.25) is 0 Å². The molecule has 4 rings (SSSR count). The van der Waals surface area contributed by atoms with E-state index in [-0.39, 0.29) is 4.90 Å². The van der Waals surface area contributed by atoms with Crippen LogP contribution in [0, 0.1) is 0 Å². The summed E-state index contributed by atoms with van der Waals surface area (Å²) in [6.45, 7) is 11.0. The van der Waals surface area contributed by atoms with Crippen molar-refractivity contribution in [3.05, 3.63) is 60.3 Å². The number of ether oxygens (including phenoxy) is 1. The van der Waals surface area contributed by atoms with E-state index in [0.29, 0.717) is 31.4 Å². The molecule has 0 amide bonds. The highest BCUT2D eigenvalue weighted by atomic mass is 32.2. The highest BCUT2D eigenvalue weighted by molar-refractivity contribution is 7.89. The number of fused-ring (bicyclic) bond motifs is 1. The average Bonchev–Trinajstić information content (AvgIpc) is 3.25. The molecule has 184 valence electrons. The van der Waals surface area contributed by atoms with E-state index >= 15 is 0 Å². The SMILES string of the molecule is CC(C)N1CCN(CCCOc2ccc(S(=O)(=O)NCCc3c[nH]c4ccccc34)cc2)CC1. The van der Waals surface area contributed by atoms with Crippen LogP contribution in [0.3, 0.4) is 0 Å². The Labute approximate surface area is 203 Å². The van der Waals surface area contributed by atoms with Crippen molar-refractivity contribution in [1.82, 2.24) is 19.5 Å². The summed E-state index contributed by atoms with van der Waals surface area (Å²) in [5, 5.41) is 1.13. The molecular weight excluding hydrogens is 448 g/mol. The van der Waals surface area contributed by atoms with Crippen molar-refractivity contribution in [2.75, 3.05) is 45.9 Å². The number of piperazine rings is 1. The van der Waals surface area contributed by atoms with E-state index < -0.39 is 10.0 Å². The Morgan fingerprint density at radius 3 is 2.50 bits per heavy atom. The lowest BCUT2D eigenvalue weighted by Crippen LogP contribution is -2.49. The van der Waals surface area contributed by atoms with Gasteiger partial charge in [0.05, 0.1) is 11.5 Å². The van der Waals surface area contributed by atoms with Crippen molar-refractivity contribution in [3.8, 4) is 5.75 Å². The van der Waals surface area contributed by atoms with E-state index in [1.165, 1.54) is 0 Å². The van der Waals surface area contributed by atoms with Gasteiger partial charge in [0.15, 0.2) is 0 Å². The molecule has 1 aliphatic rings. The second-order valence-electron chi connectivity index (χ2n) is 9.15. The van der Waals surface area contributed by atoms with Crippen molar-refractivity contribution in [3.63, 3.8) is 0 Å². The van der Waals surface area contributed by atoms with E-state index in [0.717, 1.165) is 55.6 Å². The number of hydrogen-bond acceptors (Lipinski definition) is 5. The lowest BCUT2D eigenvalue weighted by Gasteiger charge is -2.36. The quantitative estimate of drug-likeness (QED) is 0.408. The summed E-state index contributed by atoms with van der Waals surface area (Å²) in [4.78, 5) is 8.47. The number of rotatable bonds is 11. The van der Waals surface area contributed by atoms with Gasteiger partial charge in [-0.25, -0.2) is 13.1 Å². The highest BCUT2D eigenvalue weighted by Crippen LogP contribution is 2.19. The van der Waals surface area contributed by atoms with Gasteiger partial charge in [0.1, 0.15) is 5.75 Å². The maximum atomic E-state index is 12.7. The van der Waals surface area contributed by atoms with Crippen LogP contribution in [0.5, 0.6) is 5.75 Å². The third-order valence-electron chi connectivity index (χ3n) is 6.52. The molecule has 1 fully saturated rings. The topological polar surface area (TPSA) is 77.7 Å². The van der Waals surface area contributed by atoms with Crippen molar-refractivity contribution in [2.45, 2.75) is 37.6 Å². The van der Waals surface area contributed by atoms with Gasteiger partial charge < -0.3 is 14.6 Å². The van der Waals surface area contributed by atoms with Crippen molar-refractivity contribution in [2.24, 2.45) is 0 Å². The number of aromatic nitrogens is 1. The number of hydrogen-bond donors (Lipinski definition) is 2. The van der Waals surface area contributed by atoms with Crippen LogP contribution in [-0.2, 0) is 16.4 Å². The number of H-pyrrole nitrogens is 1. The number of nitrogens with one attached hydrogen (secondary N) is 2. The van der Waals surface area contributed by atoms with Gasteiger partial charge in [0.2, 0.25) is 10.0 Å². The summed E-state index contributed by atoms with van der Waals surface area (Å²) in [5.74, 6) is 0.697. The molecule has 1 saturated heterocycles. The molecular formula is C26H36N4O3S. The predicted molar refractivity (Wildman–Crippen MR) is 137 cm³/mol. The molecule has 2 heterocycles. The van der Waals surface area contributed by atoms with E-state index in [1.807, 2.05) is 30.5 Å². The second-order valence-corrected chi connectivity index (χ2v) is 10.9. The number of nitrogens with zero attached hydrogens (tertiary/aromatic N) is 2. The molecule has 0 spiro atoms. The first-order chi connectivity index (χ1) is 16.4. The molecule has 1 aromatic heterocycles. The average molecular weight is 485 g/mol. The summed E-state index contributed by atoms with van der Waals surface area (Å²) in [6, 6.07) is 15.3. The molecule has 2 aromatic carbocycles. The Bertz CT molecular complexity index is 1150. The Morgan fingerprint density at radius 1 is 1.03 bits per heavy atom. The first kappa shape index (κ1) is 24.7. The molecule has 0 radical (unpaired) electrons. The number of sulfonamides is 1. The highest BCUT2D eigenvalue weighted by Gasteiger charge is 2.18. The summed E-state index contributed by atoms with van der Waals surface area (Å²) in [7, 11) is -3.56. The fourth-order valence-corrected chi connectivity index (χ4v) is 5.47. The lowest BCUT2D eigenvalue weighted by molar-refractivity contribution is 0.104. The molecule has 3 aromatic rings. The van der Waals surface area contributed by atoms with Crippen molar-refractivity contribution >= 4 is 20.9 Å². The molecule has 0 saturated carbocycles. The van der Waals surface area contributed by atoms with Gasteiger partial charge in [-0.3, -0.25) is 4.90 Å². The maximum Gasteiger partial charge on any atom is 0.240 e. The molecule has 0 unspecified atom stereocenters. The van der Waals surface area contributed by atoms with Crippen LogP contribution in [-0.4, -0.2) is 75.1 Å². The maximum absolute atomic E-state index is 12.7. The van der Waals surface area contributed by atoms with Crippen LogP contribution >= 0.6 is 0 Å². The second kappa shape index (κ2) is 11.4. The molecule has 7 nitrogen and oxygen atoms in total. The van der Waals surface area contributed by atoms with Crippen LogP contribution in [0.25, 0.3) is 10.9 Å². The fourth-order valence-electron chi connectivity index (χ4n) is 4.44. The number of benzene rings is 2. The van der Waals surface area contributed by atoms with Gasteiger partial charge in [-0.05, 0) is 62.6 Å². The fraction of sp³-hybridized carbons (Fsp3) is 0.462. The predicted octanol–water partition coefficient (Wildman–Crippen LogP) is 3.48. The molecule has 8 heteroatoms. The van der Waals surface area contributed by atoms with E-state index in [4.69, 9.17) is 4.74 Å². The summed E-state index contributed by atoms with van der Waals surface area (Å²) >= 11 is 0. The van der Waals surface area contributed by atoms with Gasteiger partial charge in [0.25, 0.3) is 0 Å². The standard InChI is InChI=1S/C26H36N4O3S/c1-21(2)30-17-15-29(16-18-30)14-5-19-33-23-8-10-24(11-9-23)34(31,32)28-13-12-22-20-27-26-7-4-3-6-25(22)26/h3-4,6-11,20-21,27-28H,5,12-19H2,1-2H3. The first-order valence-corrected chi connectivity index (χ1v) is 13.6.